The van der Waals surface area contributed by atoms with Crippen LogP contribution in [-0.2, 0) is 6.54 Å². The van der Waals surface area contributed by atoms with Crippen LogP contribution in [0.2, 0.25) is 0 Å². The standard InChI is InChI=1S/C15H17N3O4/c19-13-11-3-1-2-4-12(11)16-14(20)18(13)9-10-5-7-17(8-6-10)15(21)22/h1-4,10H,5-9H2,(H,16,20)(H,21,22). The summed E-state index contributed by atoms with van der Waals surface area (Å²) in [7, 11) is 0. The zero-order valence-corrected chi connectivity index (χ0v) is 12.0. The smallest absolute Gasteiger partial charge is 0.407 e. The van der Waals surface area contributed by atoms with E-state index in [1.54, 1.807) is 24.3 Å². The van der Waals surface area contributed by atoms with E-state index in [1.165, 1.54) is 9.47 Å². The number of amides is 1. The SMILES string of the molecule is O=C(O)N1CCC(Cn2c(=O)[nH]c3ccccc3c2=O)CC1. The highest BCUT2D eigenvalue weighted by atomic mass is 16.4. The van der Waals surface area contributed by atoms with Gasteiger partial charge in [0.15, 0.2) is 0 Å². The van der Waals surface area contributed by atoms with Crippen molar-refractivity contribution in [3.05, 3.63) is 45.1 Å². The average Bonchev–Trinajstić information content (AvgIpc) is 2.52. The molecule has 2 N–H and O–H groups in total. The van der Waals surface area contributed by atoms with Crippen LogP contribution in [0.4, 0.5) is 4.79 Å². The van der Waals surface area contributed by atoms with Crippen LogP contribution in [0.15, 0.2) is 33.9 Å². The van der Waals surface area contributed by atoms with Crippen LogP contribution >= 0.6 is 0 Å². The predicted molar refractivity (Wildman–Crippen MR) is 81.2 cm³/mol. The van der Waals surface area contributed by atoms with Crippen molar-refractivity contribution in [3.8, 4) is 0 Å². The molecule has 22 heavy (non-hydrogen) atoms. The average molecular weight is 303 g/mol. The fraction of sp³-hybridized carbons (Fsp3) is 0.400. The highest BCUT2D eigenvalue weighted by Gasteiger charge is 2.23. The number of likely N-dealkylation sites (tertiary alicyclic amines) is 1. The van der Waals surface area contributed by atoms with Crippen LogP contribution in [0.3, 0.4) is 0 Å². The maximum Gasteiger partial charge on any atom is 0.407 e. The minimum Gasteiger partial charge on any atom is -0.465 e. The molecule has 1 fully saturated rings. The lowest BCUT2D eigenvalue weighted by Gasteiger charge is -2.30. The molecule has 0 saturated carbocycles. The van der Waals surface area contributed by atoms with Gasteiger partial charge in [0.25, 0.3) is 5.56 Å². The minimum atomic E-state index is -0.917. The maximum atomic E-state index is 12.4. The molecule has 0 atom stereocenters. The van der Waals surface area contributed by atoms with E-state index in [0.717, 1.165) is 0 Å². The molecular formula is C15H17N3O4. The van der Waals surface area contributed by atoms with Crippen LogP contribution in [0.1, 0.15) is 12.8 Å². The number of rotatable bonds is 2. The molecule has 1 aliphatic rings. The summed E-state index contributed by atoms with van der Waals surface area (Å²) in [5.74, 6) is 0.135. The number of aromatic nitrogens is 2. The molecule has 0 unspecified atom stereocenters. The molecule has 2 heterocycles. The van der Waals surface area contributed by atoms with Crippen molar-refractivity contribution >= 4 is 17.0 Å². The Morgan fingerprint density at radius 3 is 2.59 bits per heavy atom. The van der Waals surface area contributed by atoms with E-state index in [9.17, 15) is 14.4 Å². The van der Waals surface area contributed by atoms with Gasteiger partial charge in [-0.25, -0.2) is 9.59 Å². The summed E-state index contributed by atoms with van der Waals surface area (Å²) in [6, 6.07) is 6.92. The summed E-state index contributed by atoms with van der Waals surface area (Å²) in [4.78, 5) is 39.5. The molecule has 0 spiro atoms. The van der Waals surface area contributed by atoms with Crippen molar-refractivity contribution in [1.29, 1.82) is 0 Å². The zero-order valence-electron chi connectivity index (χ0n) is 12.0. The molecule has 7 nitrogen and oxygen atoms in total. The molecule has 1 aromatic carbocycles. The molecule has 7 heteroatoms. The van der Waals surface area contributed by atoms with E-state index >= 15 is 0 Å². The fourth-order valence-electron chi connectivity index (χ4n) is 2.93. The van der Waals surface area contributed by atoms with Gasteiger partial charge < -0.3 is 15.0 Å². The number of para-hydroxylation sites is 1. The minimum absolute atomic E-state index is 0.135. The quantitative estimate of drug-likeness (QED) is 0.867. The van der Waals surface area contributed by atoms with E-state index in [0.29, 0.717) is 43.4 Å². The van der Waals surface area contributed by atoms with E-state index < -0.39 is 11.8 Å². The first-order valence-corrected chi connectivity index (χ1v) is 7.26. The largest absolute Gasteiger partial charge is 0.465 e. The zero-order chi connectivity index (χ0) is 15.7. The van der Waals surface area contributed by atoms with Gasteiger partial charge in [-0.15, -0.1) is 0 Å². The summed E-state index contributed by atoms with van der Waals surface area (Å²) in [6.07, 6.45) is 0.398. The number of nitrogens with zero attached hydrogens (tertiary/aromatic N) is 2. The Hall–Kier alpha value is -2.57. The van der Waals surface area contributed by atoms with Crippen molar-refractivity contribution in [3.63, 3.8) is 0 Å². The van der Waals surface area contributed by atoms with E-state index in [2.05, 4.69) is 4.98 Å². The Balaban J connectivity index is 1.85. The summed E-state index contributed by atoms with van der Waals surface area (Å²) >= 11 is 0. The third kappa shape index (κ3) is 2.61. The molecule has 0 aliphatic carbocycles. The number of hydrogen-bond acceptors (Lipinski definition) is 3. The predicted octanol–water partition coefficient (Wildman–Crippen LogP) is 1.08. The Morgan fingerprint density at radius 1 is 1.23 bits per heavy atom. The summed E-state index contributed by atoms with van der Waals surface area (Å²) in [6.45, 7) is 1.22. The highest BCUT2D eigenvalue weighted by molar-refractivity contribution is 5.76. The summed E-state index contributed by atoms with van der Waals surface area (Å²) in [5, 5.41) is 9.43. The number of carboxylic acid groups (broad SMARTS) is 1. The van der Waals surface area contributed by atoms with Gasteiger partial charge in [0, 0.05) is 19.6 Å². The van der Waals surface area contributed by atoms with Crippen LogP contribution in [0.5, 0.6) is 0 Å². The Labute approximate surface area is 125 Å². The third-order valence-corrected chi connectivity index (χ3v) is 4.22. The fourth-order valence-corrected chi connectivity index (χ4v) is 2.93. The number of benzene rings is 1. The summed E-state index contributed by atoms with van der Waals surface area (Å²) < 4.78 is 1.23. The van der Waals surface area contributed by atoms with Crippen molar-refractivity contribution in [1.82, 2.24) is 14.5 Å². The van der Waals surface area contributed by atoms with Crippen molar-refractivity contribution < 1.29 is 9.90 Å². The molecule has 116 valence electrons. The lowest BCUT2D eigenvalue weighted by atomic mass is 9.97. The normalized spacial score (nSPS) is 16.1. The maximum absolute atomic E-state index is 12.4. The lowest BCUT2D eigenvalue weighted by molar-refractivity contribution is 0.121. The van der Waals surface area contributed by atoms with Crippen molar-refractivity contribution in [2.45, 2.75) is 19.4 Å². The first-order valence-electron chi connectivity index (χ1n) is 7.26. The number of aromatic amines is 1. The lowest BCUT2D eigenvalue weighted by Crippen LogP contribution is -2.42. The van der Waals surface area contributed by atoms with Crippen LogP contribution < -0.4 is 11.2 Å². The van der Waals surface area contributed by atoms with Gasteiger partial charge in [-0.3, -0.25) is 9.36 Å². The molecule has 1 amide bonds. The number of carbonyl (C=O) groups is 1. The van der Waals surface area contributed by atoms with Crippen molar-refractivity contribution in [2.24, 2.45) is 5.92 Å². The van der Waals surface area contributed by atoms with Gasteiger partial charge in [-0.1, -0.05) is 12.1 Å². The van der Waals surface area contributed by atoms with Gasteiger partial charge in [-0.05, 0) is 30.9 Å². The molecule has 3 rings (SSSR count). The number of H-pyrrole nitrogens is 1. The molecule has 0 bridgehead atoms. The van der Waals surface area contributed by atoms with Gasteiger partial charge in [-0.2, -0.15) is 0 Å². The van der Waals surface area contributed by atoms with Crippen LogP contribution in [0.25, 0.3) is 10.9 Å². The molecular weight excluding hydrogens is 286 g/mol. The highest BCUT2D eigenvalue weighted by Crippen LogP contribution is 2.18. The topological polar surface area (TPSA) is 95.4 Å². The summed E-state index contributed by atoms with van der Waals surface area (Å²) in [5.41, 5.74) is -0.168. The number of nitrogens with one attached hydrogen (secondary N) is 1. The number of piperidine rings is 1. The molecule has 1 saturated heterocycles. The molecule has 2 aromatic rings. The second kappa shape index (κ2) is 5.67. The number of hydrogen-bond donors (Lipinski definition) is 2. The van der Waals surface area contributed by atoms with Gasteiger partial charge in [0.1, 0.15) is 0 Å². The first-order chi connectivity index (χ1) is 10.6. The van der Waals surface area contributed by atoms with E-state index in [4.69, 9.17) is 5.11 Å². The third-order valence-electron chi connectivity index (χ3n) is 4.22. The van der Waals surface area contributed by atoms with Crippen molar-refractivity contribution in [2.75, 3.05) is 13.1 Å². The Bertz CT molecular complexity index is 815. The monoisotopic (exact) mass is 303 g/mol. The van der Waals surface area contributed by atoms with Gasteiger partial charge >= 0.3 is 11.8 Å². The van der Waals surface area contributed by atoms with Crippen LogP contribution in [0, 0.1) is 5.92 Å². The van der Waals surface area contributed by atoms with E-state index in [1.807, 2.05) is 0 Å². The van der Waals surface area contributed by atoms with Gasteiger partial charge in [0.2, 0.25) is 0 Å². The second-order valence-corrected chi connectivity index (χ2v) is 5.60. The second-order valence-electron chi connectivity index (χ2n) is 5.60. The molecule has 1 aliphatic heterocycles. The Morgan fingerprint density at radius 2 is 1.91 bits per heavy atom. The Kier molecular flexibility index (Phi) is 3.70. The van der Waals surface area contributed by atoms with Gasteiger partial charge in [0.05, 0.1) is 10.9 Å². The van der Waals surface area contributed by atoms with E-state index in [-0.39, 0.29) is 11.5 Å². The molecule has 1 aromatic heterocycles. The first kappa shape index (κ1) is 14.4. The number of fused-ring (bicyclic) bond motifs is 1. The molecule has 0 radical (unpaired) electrons. The van der Waals surface area contributed by atoms with Crippen LogP contribution in [-0.4, -0.2) is 38.7 Å².